The van der Waals surface area contributed by atoms with Crippen LogP contribution in [0.15, 0.2) is 54.7 Å². The number of rotatable bonds is 5. The largest absolute Gasteiger partial charge is 0.497 e. The van der Waals surface area contributed by atoms with Crippen molar-refractivity contribution in [1.29, 1.82) is 0 Å². The van der Waals surface area contributed by atoms with Gasteiger partial charge in [-0.3, -0.25) is 14.7 Å². The van der Waals surface area contributed by atoms with E-state index in [2.05, 4.69) is 20.1 Å². The van der Waals surface area contributed by atoms with Crippen molar-refractivity contribution >= 4 is 28.2 Å². The van der Waals surface area contributed by atoms with Crippen LogP contribution in [0, 0.1) is 17.7 Å². The van der Waals surface area contributed by atoms with Crippen LogP contribution in [-0.4, -0.2) is 55.1 Å². The number of piperidine rings is 1. The van der Waals surface area contributed by atoms with Gasteiger partial charge in [-0.2, -0.15) is 0 Å². The van der Waals surface area contributed by atoms with Crippen molar-refractivity contribution in [2.45, 2.75) is 19.4 Å². The van der Waals surface area contributed by atoms with E-state index in [0.29, 0.717) is 11.8 Å². The first-order valence-corrected chi connectivity index (χ1v) is 11.5. The maximum absolute atomic E-state index is 13.9. The second-order valence-corrected chi connectivity index (χ2v) is 9.10. The van der Waals surface area contributed by atoms with Crippen molar-refractivity contribution in [3.05, 3.63) is 60.5 Å². The Morgan fingerprint density at radius 2 is 2.00 bits per heavy atom. The molecule has 3 atom stereocenters. The number of pyridine rings is 1. The van der Waals surface area contributed by atoms with E-state index in [1.165, 1.54) is 6.07 Å². The molecule has 7 heteroatoms. The molecule has 5 rings (SSSR count). The van der Waals surface area contributed by atoms with E-state index in [-0.39, 0.29) is 17.8 Å². The number of aromatic nitrogens is 1. The first-order valence-electron chi connectivity index (χ1n) is 11.5. The van der Waals surface area contributed by atoms with Crippen molar-refractivity contribution in [2.75, 3.05) is 43.5 Å². The highest BCUT2D eigenvalue weighted by atomic mass is 19.1. The van der Waals surface area contributed by atoms with Crippen LogP contribution >= 0.6 is 0 Å². The number of halogens is 1. The van der Waals surface area contributed by atoms with E-state index < -0.39 is 0 Å². The molecule has 0 bridgehead atoms. The number of methoxy groups -OCH3 is 1. The Balaban J connectivity index is 1.26. The molecule has 6 nitrogen and oxygen atoms in total. The molecule has 33 heavy (non-hydrogen) atoms. The average molecular weight is 449 g/mol. The number of ether oxygens (including phenoxy) is 1. The summed E-state index contributed by atoms with van der Waals surface area (Å²) in [6.45, 7) is 5.61. The minimum Gasteiger partial charge on any atom is -0.497 e. The number of hydrogen-bond acceptors (Lipinski definition) is 5. The summed E-state index contributed by atoms with van der Waals surface area (Å²) in [7, 11) is 1.61. The summed E-state index contributed by atoms with van der Waals surface area (Å²) in [5, 5.41) is 3.88. The second-order valence-electron chi connectivity index (χ2n) is 9.10. The Morgan fingerprint density at radius 3 is 2.85 bits per heavy atom. The van der Waals surface area contributed by atoms with Crippen LogP contribution in [0.4, 0.5) is 15.8 Å². The van der Waals surface area contributed by atoms with Gasteiger partial charge in [0.1, 0.15) is 11.6 Å². The minimum absolute atomic E-state index is 0.00726. The summed E-state index contributed by atoms with van der Waals surface area (Å²) in [4.78, 5) is 22.0. The van der Waals surface area contributed by atoms with Crippen molar-refractivity contribution in [3.63, 3.8) is 0 Å². The Morgan fingerprint density at radius 1 is 1.15 bits per heavy atom. The van der Waals surface area contributed by atoms with E-state index in [1.807, 2.05) is 37.3 Å². The summed E-state index contributed by atoms with van der Waals surface area (Å²) in [5.74, 6) is 1.52. The lowest BCUT2D eigenvalue weighted by Gasteiger charge is -2.37. The van der Waals surface area contributed by atoms with Crippen LogP contribution in [0.2, 0.25) is 0 Å². The molecular formula is C26H29FN4O2. The van der Waals surface area contributed by atoms with Crippen molar-refractivity contribution in [1.82, 2.24) is 9.88 Å². The van der Waals surface area contributed by atoms with Gasteiger partial charge in [0.25, 0.3) is 0 Å². The maximum atomic E-state index is 13.9. The molecule has 2 saturated heterocycles. The molecular weight excluding hydrogens is 419 g/mol. The second kappa shape index (κ2) is 8.98. The fraction of sp³-hybridized carbons (Fsp3) is 0.385. The Kier molecular flexibility index (Phi) is 5.89. The molecule has 172 valence electrons. The Labute approximate surface area is 193 Å². The molecule has 1 aromatic heterocycles. The van der Waals surface area contributed by atoms with Gasteiger partial charge in [-0.05, 0) is 68.1 Å². The van der Waals surface area contributed by atoms with Gasteiger partial charge in [0.05, 0.1) is 18.7 Å². The molecule has 0 radical (unpaired) electrons. The quantitative estimate of drug-likeness (QED) is 0.635. The molecule has 0 spiro atoms. The molecule has 0 aliphatic carbocycles. The molecule has 3 unspecified atom stereocenters. The summed E-state index contributed by atoms with van der Waals surface area (Å²) in [6, 6.07) is 14.0. The third-order valence-electron chi connectivity index (χ3n) is 7.12. The van der Waals surface area contributed by atoms with E-state index in [9.17, 15) is 9.18 Å². The van der Waals surface area contributed by atoms with Gasteiger partial charge in [0.2, 0.25) is 5.91 Å². The topological polar surface area (TPSA) is 57.7 Å². The summed E-state index contributed by atoms with van der Waals surface area (Å²) in [6.07, 6.45) is 2.85. The summed E-state index contributed by atoms with van der Waals surface area (Å²) < 4.78 is 19.2. The maximum Gasteiger partial charge on any atom is 0.241 e. The van der Waals surface area contributed by atoms with Crippen LogP contribution in [0.1, 0.15) is 13.3 Å². The number of hydrogen-bond donors (Lipinski definition) is 1. The number of likely N-dealkylation sites (tertiary alicyclic amines) is 1. The lowest BCUT2D eigenvalue weighted by atomic mass is 9.88. The van der Waals surface area contributed by atoms with Gasteiger partial charge in [-0.15, -0.1) is 0 Å². The Bertz CT molecular complexity index is 1170. The highest BCUT2D eigenvalue weighted by Gasteiger charge is 2.39. The fourth-order valence-corrected chi connectivity index (χ4v) is 5.24. The number of anilines is 2. The van der Waals surface area contributed by atoms with Crippen LogP contribution in [0.3, 0.4) is 0 Å². The molecule has 2 aliphatic rings. The molecule has 2 aliphatic heterocycles. The first kappa shape index (κ1) is 21.6. The number of nitrogens with zero attached hydrogens (tertiary/aromatic N) is 3. The van der Waals surface area contributed by atoms with Gasteiger partial charge < -0.3 is 15.0 Å². The average Bonchev–Trinajstić information content (AvgIpc) is 3.26. The number of carbonyl (C=O) groups excluding carboxylic acids is 1. The van der Waals surface area contributed by atoms with Crippen molar-refractivity contribution in [2.24, 2.45) is 11.8 Å². The highest BCUT2D eigenvalue weighted by Crippen LogP contribution is 2.37. The number of fused-ring (bicyclic) bond motifs is 2. The van der Waals surface area contributed by atoms with E-state index in [0.717, 1.165) is 60.6 Å². The fourth-order valence-electron chi connectivity index (χ4n) is 5.24. The summed E-state index contributed by atoms with van der Waals surface area (Å²) in [5.41, 5.74) is 2.60. The zero-order valence-corrected chi connectivity index (χ0v) is 19.0. The lowest BCUT2D eigenvalue weighted by molar-refractivity contribution is -0.121. The molecule has 3 aromatic rings. The molecule has 1 N–H and O–H groups in total. The van der Waals surface area contributed by atoms with Gasteiger partial charge in [-0.1, -0.05) is 6.07 Å². The number of nitrogens with one attached hydrogen (secondary N) is 1. The van der Waals surface area contributed by atoms with Gasteiger partial charge in [0.15, 0.2) is 0 Å². The van der Waals surface area contributed by atoms with E-state index in [4.69, 9.17) is 4.74 Å². The molecule has 0 saturated carbocycles. The minimum atomic E-state index is -0.240. The SMILES string of the molecule is COc1cccc(NC(=O)C(C)N2CCC3CN(c4ccnc5ccc(F)cc45)CC3C2)c1. The number of carbonyl (C=O) groups is 1. The molecule has 2 aromatic carbocycles. The van der Waals surface area contributed by atoms with Crippen LogP contribution in [0.5, 0.6) is 5.75 Å². The third-order valence-corrected chi connectivity index (χ3v) is 7.12. The van der Waals surface area contributed by atoms with Crippen LogP contribution in [-0.2, 0) is 4.79 Å². The number of benzene rings is 2. The zero-order valence-electron chi connectivity index (χ0n) is 19.0. The van der Waals surface area contributed by atoms with Gasteiger partial charge >= 0.3 is 0 Å². The standard InChI is InChI=1S/C26H29FN4O2/c1-17(26(32)29-21-4-3-5-22(13-21)33-2)30-11-9-18-14-31(16-19(18)15-30)25-8-10-28-24-7-6-20(27)12-23(24)25/h3-8,10,12-13,17-19H,9,11,14-16H2,1-2H3,(H,29,32). The van der Waals surface area contributed by atoms with Crippen LogP contribution in [0.25, 0.3) is 10.9 Å². The third kappa shape index (κ3) is 4.37. The normalized spacial score (nSPS) is 21.6. The van der Waals surface area contributed by atoms with E-state index in [1.54, 1.807) is 25.4 Å². The zero-order chi connectivity index (χ0) is 22.9. The van der Waals surface area contributed by atoms with E-state index >= 15 is 0 Å². The molecule has 3 heterocycles. The van der Waals surface area contributed by atoms with Crippen molar-refractivity contribution < 1.29 is 13.9 Å². The first-order chi connectivity index (χ1) is 16.0. The monoisotopic (exact) mass is 448 g/mol. The predicted octanol–water partition coefficient (Wildman–Crippen LogP) is 4.17. The smallest absolute Gasteiger partial charge is 0.241 e. The van der Waals surface area contributed by atoms with Crippen molar-refractivity contribution in [3.8, 4) is 5.75 Å². The lowest BCUT2D eigenvalue weighted by Crippen LogP contribution is -2.49. The summed E-state index contributed by atoms with van der Waals surface area (Å²) >= 11 is 0. The molecule has 1 amide bonds. The number of amides is 1. The van der Waals surface area contributed by atoms with Gasteiger partial charge in [0, 0.05) is 48.7 Å². The van der Waals surface area contributed by atoms with Gasteiger partial charge in [-0.25, -0.2) is 4.39 Å². The Hall–Kier alpha value is -3.19. The molecule has 2 fully saturated rings. The highest BCUT2D eigenvalue weighted by molar-refractivity contribution is 5.94. The predicted molar refractivity (Wildman–Crippen MR) is 128 cm³/mol. The van der Waals surface area contributed by atoms with Crippen LogP contribution < -0.4 is 15.0 Å².